The summed E-state index contributed by atoms with van der Waals surface area (Å²) >= 11 is 2.12. The first-order valence-corrected chi connectivity index (χ1v) is 5.88. The number of carbonyl (C=O) groups excluding carboxylic acids is 1. The summed E-state index contributed by atoms with van der Waals surface area (Å²) in [6, 6.07) is 7.38. The van der Waals surface area contributed by atoms with Gasteiger partial charge in [0.2, 0.25) is 0 Å². The van der Waals surface area contributed by atoms with Gasteiger partial charge in [-0.1, -0.05) is 12.1 Å². The molecule has 1 aromatic rings. The first kappa shape index (κ1) is 12.4. The zero-order chi connectivity index (χ0) is 11.1. The Morgan fingerprint density at radius 3 is 2.73 bits per heavy atom. The lowest BCUT2D eigenvalue weighted by Crippen LogP contribution is -2.08. The van der Waals surface area contributed by atoms with E-state index in [0.29, 0.717) is 25.0 Å². The number of esters is 1. The van der Waals surface area contributed by atoms with Crippen molar-refractivity contribution in [1.82, 2.24) is 0 Å². The second-order valence-electron chi connectivity index (χ2n) is 3.09. The third-order valence-corrected chi connectivity index (χ3v) is 2.74. The van der Waals surface area contributed by atoms with E-state index in [4.69, 9.17) is 9.84 Å². The molecule has 0 aromatic heterocycles. The van der Waals surface area contributed by atoms with Gasteiger partial charge in [0.15, 0.2) is 0 Å². The molecule has 0 amide bonds. The average Bonchev–Trinajstić information content (AvgIpc) is 2.22. The number of hydrogen-bond acceptors (Lipinski definition) is 3. The largest absolute Gasteiger partial charge is 0.425 e. The molecule has 0 atom stereocenters. The van der Waals surface area contributed by atoms with Gasteiger partial charge < -0.3 is 9.84 Å². The van der Waals surface area contributed by atoms with Crippen LogP contribution < -0.4 is 4.74 Å². The van der Waals surface area contributed by atoms with Crippen LogP contribution in [-0.2, 0) is 4.79 Å². The SMILES string of the molecule is O=C(CCCCO)Oc1ccccc1I. The fourth-order valence-corrected chi connectivity index (χ4v) is 1.58. The van der Waals surface area contributed by atoms with Crippen LogP contribution in [0.5, 0.6) is 5.75 Å². The lowest BCUT2D eigenvalue weighted by atomic mass is 10.2. The number of halogens is 1. The van der Waals surface area contributed by atoms with Crippen LogP contribution in [-0.4, -0.2) is 17.7 Å². The van der Waals surface area contributed by atoms with Crippen molar-refractivity contribution < 1.29 is 14.6 Å². The summed E-state index contributed by atoms with van der Waals surface area (Å²) in [7, 11) is 0. The molecule has 82 valence electrons. The molecule has 0 fully saturated rings. The minimum Gasteiger partial charge on any atom is -0.425 e. The molecule has 0 bridgehead atoms. The van der Waals surface area contributed by atoms with Crippen molar-refractivity contribution in [3.8, 4) is 5.75 Å². The number of benzene rings is 1. The van der Waals surface area contributed by atoms with E-state index in [1.54, 1.807) is 6.07 Å². The zero-order valence-corrected chi connectivity index (χ0v) is 10.4. The van der Waals surface area contributed by atoms with E-state index in [1.165, 1.54) is 0 Å². The van der Waals surface area contributed by atoms with Crippen molar-refractivity contribution >= 4 is 28.6 Å². The number of carbonyl (C=O) groups is 1. The van der Waals surface area contributed by atoms with Crippen LogP contribution in [0.3, 0.4) is 0 Å². The summed E-state index contributed by atoms with van der Waals surface area (Å²) < 4.78 is 6.09. The van der Waals surface area contributed by atoms with Crippen molar-refractivity contribution in [2.24, 2.45) is 0 Å². The number of aliphatic hydroxyl groups is 1. The molecule has 0 aliphatic rings. The number of ether oxygens (including phenoxy) is 1. The first-order chi connectivity index (χ1) is 7.24. The Balaban J connectivity index is 2.41. The molecule has 0 radical (unpaired) electrons. The lowest BCUT2D eigenvalue weighted by Gasteiger charge is -2.05. The molecular weight excluding hydrogens is 307 g/mol. The minimum absolute atomic E-state index is 0.121. The van der Waals surface area contributed by atoms with Gasteiger partial charge in [0.1, 0.15) is 5.75 Å². The van der Waals surface area contributed by atoms with E-state index in [0.717, 1.165) is 3.57 Å². The van der Waals surface area contributed by atoms with Crippen LogP contribution in [0.1, 0.15) is 19.3 Å². The van der Waals surface area contributed by atoms with E-state index in [-0.39, 0.29) is 12.6 Å². The highest BCUT2D eigenvalue weighted by atomic mass is 127. The maximum Gasteiger partial charge on any atom is 0.311 e. The molecule has 0 aliphatic heterocycles. The molecule has 0 heterocycles. The van der Waals surface area contributed by atoms with Gasteiger partial charge in [0.25, 0.3) is 0 Å². The molecule has 1 N–H and O–H groups in total. The highest BCUT2D eigenvalue weighted by Gasteiger charge is 2.06. The van der Waals surface area contributed by atoms with Crippen molar-refractivity contribution in [3.63, 3.8) is 0 Å². The van der Waals surface area contributed by atoms with Gasteiger partial charge in [0, 0.05) is 13.0 Å². The van der Waals surface area contributed by atoms with Crippen LogP contribution in [0.25, 0.3) is 0 Å². The van der Waals surface area contributed by atoms with Crippen LogP contribution in [0.15, 0.2) is 24.3 Å². The summed E-state index contributed by atoms with van der Waals surface area (Å²) in [6.45, 7) is 0.121. The summed E-state index contributed by atoms with van der Waals surface area (Å²) in [5, 5.41) is 8.56. The van der Waals surface area contributed by atoms with E-state index in [1.807, 2.05) is 18.2 Å². The topological polar surface area (TPSA) is 46.5 Å². The lowest BCUT2D eigenvalue weighted by molar-refractivity contribution is -0.134. The van der Waals surface area contributed by atoms with Crippen LogP contribution in [0.2, 0.25) is 0 Å². The second-order valence-corrected chi connectivity index (χ2v) is 4.25. The molecule has 0 saturated heterocycles. The van der Waals surface area contributed by atoms with Crippen LogP contribution >= 0.6 is 22.6 Å². The first-order valence-electron chi connectivity index (χ1n) is 4.80. The zero-order valence-electron chi connectivity index (χ0n) is 8.28. The number of para-hydroxylation sites is 1. The number of aliphatic hydroxyl groups excluding tert-OH is 1. The molecule has 4 heteroatoms. The fraction of sp³-hybridized carbons (Fsp3) is 0.364. The van der Waals surface area contributed by atoms with Gasteiger partial charge in [-0.05, 0) is 47.6 Å². The summed E-state index contributed by atoms with van der Waals surface area (Å²) in [6.07, 6.45) is 1.66. The molecule has 0 saturated carbocycles. The average molecular weight is 320 g/mol. The Morgan fingerprint density at radius 1 is 1.33 bits per heavy atom. The Bertz CT molecular complexity index is 325. The predicted molar refractivity (Wildman–Crippen MR) is 65.7 cm³/mol. The van der Waals surface area contributed by atoms with Crippen LogP contribution in [0, 0.1) is 3.57 Å². The second kappa shape index (κ2) is 6.79. The molecule has 0 unspecified atom stereocenters. The van der Waals surface area contributed by atoms with Gasteiger partial charge in [-0.3, -0.25) is 4.79 Å². The van der Waals surface area contributed by atoms with E-state index in [9.17, 15) is 4.79 Å². The van der Waals surface area contributed by atoms with Gasteiger partial charge >= 0.3 is 5.97 Å². The highest BCUT2D eigenvalue weighted by Crippen LogP contribution is 2.20. The molecule has 0 spiro atoms. The monoisotopic (exact) mass is 320 g/mol. The minimum atomic E-state index is -0.243. The standard InChI is InChI=1S/C11H13IO3/c12-9-5-1-2-6-10(9)15-11(14)7-3-4-8-13/h1-2,5-6,13H,3-4,7-8H2. The normalized spacial score (nSPS) is 10.0. The quantitative estimate of drug-likeness (QED) is 0.392. The van der Waals surface area contributed by atoms with Gasteiger partial charge in [-0.25, -0.2) is 0 Å². The van der Waals surface area contributed by atoms with E-state index < -0.39 is 0 Å². The van der Waals surface area contributed by atoms with Crippen molar-refractivity contribution in [3.05, 3.63) is 27.8 Å². The smallest absolute Gasteiger partial charge is 0.311 e. The summed E-state index contributed by atoms with van der Waals surface area (Å²) in [5.41, 5.74) is 0. The van der Waals surface area contributed by atoms with Crippen molar-refractivity contribution in [2.45, 2.75) is 19.3 Å². The third kappa shape index (κ3) is 4.61. The van der Waals surface area contributed by atoms with Crippen LogP contribution in [0.4, 0.5) is 0 Å². The Morgan fingerprint density at radius 2 is 2.07 bits per heavy atom. The van der Waals surface area contributed by atoms with Crippen molar-refractivity contribution in [2.75, 3.05) is 6.61 Å². The predicted octanol–water partition coefficient (Wildman–Crippen LogP) is 2.36. The Hall–Kier alpha value is -0.620. The molecular formula is C11H13IO3. The van der Waals surface area contributed by atoms with Gasteiger partial charge in [0.05, 0.1) is 3.57 Å². The fourth-order valence-electron chi connectivity index (χ4n) is 1.08. The Kier molecular flexibility index (Phi) is 5.63. The Labute approximate surface area is 103 Å². The molecule has 0 aliphatic carbocycles. The summed E-state index contributed by atoms with van der Waals surface area (Å²) in [4.78, 5) is 11.3. The van der Waals surface area contributed by atoms with Gasteiger partial charge in [-0.2, -0.15) is 0 Å². The van der Waals surface area contributed by atoms with E-state index >= 15 is 0 Å². The van der Waals surface area contributed by atoms with E-state index in [2.05, 4.69) is 22.6 Å². The molecule has 1 aromatic carbocycles. The maximum absolute atomic E-state index is 11.3. The van der Waals surface area contributed by atoms with Gasteiger partial charge in [-0.15, -0.1) is 0 Å². The molecule has 15 heavy (non-hydrogen) atoms. The number of hydrogen-bond donors (Lipinski definition) is 1. The number of unbranched alkanes of at least 4 members (excludes halogenated alkanes) is 1. The maximum atomic E-state index is 11.3. The number of rotatable bonds is 5. The van der Waals surface area contributed by atoms with Crippen molar-refractivity contribution in [1.29, 1.82) is 0 Å². The molecule has 3 nitrogen and oxygen atoms in total. The molecule has 1 rings (SSSR count). The highest BCUT2D eigenvalue weighted by molar-refractivity contribution is 14.1. The summed E-state index contributed by atoms with van der Waals surface area (Å²) in [5.74, 6) is 0.361. The third-order valence-electron chi connectivity index (χ3n) is 1.85.